The third kappa shape index (κ3) is 2.02. The van der Waals surface area contributed by atoms with Gasteiger partial charge in [-0.15, -0.1) is 11.3 Å². The molecule has 0 amide bonds. The van der Waals surface area contributed by atoms with E-state index in [0.29, 0.717) is 5.56 Å². The van der Waals surface area contributed by atoms with E-state index >= 15 is 0 Å². The highest BCUT2D eigenvalue weighted by Gasteiger charge is 2.15. The molecule has 0 spiro atoms. The second-order valence-electron chi connectivity index (χ2n) is 4.30. The lowest BCUT2D eigenvalue weighted by molar-refractivity contribution is 0.0603. The Morgan fingerprint density at radius 1 is 1.37 bits per heavy atom. The summed E-state index contributed by atoms with van der Waals surface area (Å²) in [5.41, 5.74) is 5.14. The van der Waals surface area contributed by atoms with Crippen molar-refractivity contribution in [1.82, 2.24) is 9.97 Å². The Labute approximate surface area is 114 Å². The number of nitrogens with zero attached hydrogens (tertiary/aromatic N) is 1. The van der Waals surface area contributed by atoms with Crippen molar-refractivity contribution in [2.45, 2.75) is 6.92 Å². The molecule has 5 heteroatoms. The van der Waals surface area contributed by atoms with Gasteiger partial charge in [0.2, 0.25) is 0 Å². The van der Waals surface area contributed by atoms with E-state index in [9.17, 15) is 4.79 Å². The van der Waals surface area contributed by atoms with E-state index in [0.717, 1.165) is 27.0 Å². The minimum Gasteiger partial charge on any atom is -0.465 e. The maximum atomic E-state index is 11.9. The molecular formula is C14H12N2O2S. The topological polar surface area (TPSA) is 55.0 Å². The molecule has 0 aliphatic carbocycles. The molecule has 0 saturated carbocycles. The van der Waals surface area contributed by atoms with Gasteiger partial charge < -0.3 is 9.72 Å². The standard InChI is InChI=1S/C14H12N2O2S/c1-8-3-10-4-9(12-6-15-7-19-12)5-11(13(10)16-8)14(17)18-2/h3-7,16H,1-2H3. The SMILES string of the molecule is COC(=O)c1cc(-c2cncs2)cc2cc(C)[nH]c12. The predicted molar refractivity (Wildman–Crippen MR) is 75.5 cm³/mol. The van der Waals surface area contributed by atoms with E-state index in [1.165, 1.54) is 7.11 Å². The summed E-state index contributed by atoms with van der Waals surface area (Å²) < 4.78 is 4.85. The van der Waals surface area contributed by atoms with Crippen LogP contribution in [0, 0.1) is 6.92 Å². The minimum absolute atomic E-state index is 0.335. The maximum Gasteiger partial charge on any atom is 0.340 e. The van der Waals surface area contributed by atoms with Crippen molar-refractivity contribution in [1.29, 1.82) is 0 Å². The quantitative estimate of drug-likeness (QED) is 0.727. The summed E-state index contributed by atoms with van der Waals surface area (Å²) >= 11 is 1.55. The van der Waals surface area contributed by atoms with Crippen LogP contribution in [0.1, 0.15) is 16.1 Å². The van der Waals surface area contributed by atoms with E-state index in [1.54, 1.807) is 23.0 Å². The van der Waals surface area contributed by atoms with Crippen molar-refractivity contribution in [2.24, 2.45) is 0 Å². The van der Waals surface area contributed by atoms with E-state index in [1.807, 2.05) is 19.1 Å². The van der Waals surface area contributed by atoms with Crippen molar-refractivity contribution in [3.05, 3.63) is 41.2 Å². The number of methoxy groups -OCH3 is 1. The van der Waals surface area contributed by atoms with Gasteiger partial charge in [0.15, 0.2) is 0 Å². The third-order valence-corrected chi connectivity index (χ3v) is 3.81. The number of benzene rings is 1. The molecule has 0 unspecified atom stereocenters. The highest BCUT2D eigenvalue weighted by atomic mass is 32.1. The summed E-state index contributed by atoms with van der Waals surface area (Å²) in [6, 6.07) is 5.92. The van der Waals surface area contributed by atoms with E-state index in [2.05, 4.69) is 16.0 Å². The number of rotatable bonds is 2. The first-order valence-electron chi connectivity index (χ1n) is 5.79. The van der Waals surface area contributed by atoms with Crippen LogP contribution in [0.5, 0.6) is 0 Å². The highest BCUT2D eigenvalue weighted by Crippen LogP contribution is 2.30. The summed E-state index contributed by atoms with van der Waals surface area (Å²) in [6.45, 7) is 1.97. The third-order valence-electron chi connectivity index (χ3n) is 2.99. The number of carbonyl (C=O) groups excluding carboxylic acids is 1. The second kappa shape index (κ2) is 4.51. The number of aromatic nitrogens is 2. The number of aryl methyl sites for hydroxylation is 1. The Hall–Kier alpha value is -2.14. The van der Waals surface area contributed by atoms with Crippen LogP contribution in [-0.2, 0) is 4.74 Å². The number of carbonyl (C=O) groups is 1. The first-order chi connectivity index (χ1) is 9.19. The average Bonchev–Trinajstić information content (AvgIpc) is 3.03. The summed E-state index contributed by atoms with van der Waals surface area (Å²) in [5.74, 6) is -0.335. The van der Waals surface area contributed by atoms with Crippen LogP contribution in [0.15, 0.2) is 29.9 Å². The molecule has 3 aromatic rings. The first kappa shape index (κ1) is 11.9. The lowest BCUT2D eigenvalue weighted by atomic mass is 10.1. The first-order valence-corrected chi connectivity index (χ1v) is 6.67. The summed E-state index contributed by atoms with van der Waals surface area (Å²) in [5, 5.41) is 1.00. The second-order valence-corrected chi connectivity index (χ2v) is 5.18. The highest BCUT2D eigenvalue weighted by molar-refractivity contribution is 7.13. The van der Waals surface area contributed by atoms with Crippen LogP contribution in [0.4, 0.5) is 0 Å². The summed E-state index contributed by atoms with van der Waals surface area (Å²) in [6.07, 6.45) is 1.80. The molecule has 0 radical (unpaired) electrons. The maximum absolute atomic E-state index is 11.9. The van der Waals surface area contributed by atoms with Gasteiger partial charge in [-0.05, 0) is 30.7 Å². The van der Waals surface area contributed by atoms with Gasteiger partial charge in [0.05, 0.1) is 28.6 Å². The van der Waals surface area contributed by atoms with Crippen LogP contribution in [0.25, 0.3) is 21.3 Å². The monoisotopic (exact) mass is 272 g/mol. The molecular weight excluding hydrogens is 260 g/mol. The molecule has 3 rings (SSSR count). The summed E-state index contributed by atoms with van der Waals surface area (Å²) in [7, 11) is 1.39. The number of aromatic amines is 1. The van der Waals surface area contributed by atoms with Crippen molar-refractivity contribution < 1.29 is 9.53 Å². The molecule has 0 bridgehead atoms. The lowest BCUT2D eigenvalue weighted by Gasteiger charge is -2.04. The normalized spacial score (nSPS) is 10.8. The van der Waals surface area contributed by atoms with Crippen molar-refractivity contribution in [3.8, 4) is 10.4 Å². The van der Waals surface area contributed by atoms with Crippen LogP contribution in [0.3, 0.4) is 0 Å². The number of H-pyrrole nitrogens is 1. The van der Waals surface area contributed by atoms with E-state index < -0.39 is 0 Å². The van der Waals surface area contributed by atoms with Crippen LogP contribution >= 0.6 is 11.3 Å². The fourth-order valence-corrected chi connectivity index (χ4v) is 2.77. The molecule has 0 atom stereocenters. The van der Waals surface area contributed by atoms with Gasteiger partial charge in [-0.25, -0.2) is 4.79 Å². The number of ether oxygens (including phenoxy) is 1. The number of hydrogen-bond donors (Lipinski definition) is 1. The molecule has 1 N–H and O–H groups in total. The zero-order valence-electron chi connectivity index (χ0n) is 10.6. The van der Waals surface area contributed by atoms with Crippen LogP contribution < -0.4 is 0 Å². The molecule has 1 aromatic carbocycles. The molecule has 4 nitrogen and oxygen atoms in total. The van der Waals surface area contributed by atoms with Crippen molar-refractivity contribution in [2.75, 3.05) is 7.11 Å². The molecule has 2 aromatic heterocycles. The van der Waals surface area contributed by atoms with Gasteiger partial charge in [-0.2, -0.15) is 0 Å². The van der Waals surface area contributed by atoms with Crippen molar-refractivity contribution in [3.63, 3.8) is 0 Å². The van der Waals surface area contributed by atoms with E-state index in [4.69, 9.17) is 4.74 Å². The van der Waals surface area contributed by atoms with Gasteiger partial charge in [0.1, 0.15) is 0 Å². The minimum atomic E-state index is -0.335. The van der Waals surface area contributed by atoms with E-state index in [-0.39, 0.29) is 5.97 Å². The number of thiazole rings is 1. The molecule has 19 heavy (non-hydrogen) atoms. The number of fused-ring (bicyclic) bond motifs is 1. The molecule has 0 saturated heterocycles. The molecule has 0 fully saturated rings. The van der Waals surface area contributed by atoms with Gasteiger partial charge >= 0.3 is 5.97 Å². The molecule has 2 heterocycles. The largest absolute Gasteiger partial charge is 0.465 e. The van der Waals surface area contributed by atoms with Gasteiger partial charge in [-0.3, -0.25) is 4.98 Å². The Morgan fingerprint density at radius 3 is 2.89 bits per heavy atom. The lowest BCUT2D eigenvalue weighted by Crippen LogP contribution is -2.02. The van der Waals surface area contributed by atoms with Gasteiger partial charge in [0.25, 0.3) is 0 Å². The number of nitrogens with one attached hydrogen (secondary N) is 1. The Balaban J connectivity index is 2.29. The average molecular weight is 272 g/mol. The van der Waals surface area contributed by atoms with Crippen LogP contribution in [-0.4, -0.2) is 23.0 Å². The fraction of sp³-hybridized carbons (Fsp3) is 0.143. The Bertz CT molecular complexity index is 744. The van der Waals surface area contributed by atoms with Crippen LogP contribution in [0.2, 0.25) is 0 Å². The number of hydrogen-bond acceptors (Lipinski definition) is 4. The Morgan fingerprint density at radius 2 is 2.21 bits per heavy atom. The number of esters is 1. The van der Waals surface area contributed by atoms with Gasteiger partial charge in [-0.1, -0.05) is 0 Å². The van der Waals surface area contributed by atoms with Crippen molar-refractivity contribution >= 4 is 28.2 Å². The molecule has 0 aliphatic heterocycles. The summed E-state index contributed by atoms with van der Waals surface area (Å²) in [4.78, 5) is 20.2. The smallest absolute Gasteiger partial charge is 0.340 e. The fourth-order valence-electron chi connectivity index (χ4n) is 2.16. The molecule has 96 valence electrons. The molecule has 0 aliphatic rings. The zero-order chi connectivity index (χ0) is 13.4. The Kier molecular flexibility index (Phi) is 2.83. The zero-order valence-corrected chi connectivity index (χ0v) is 11.4. The van der Waals surface area contributed by atoms with Gasteiger partial charge in [0, 0.05) is 17.3 Å². The predicted octanol–water partition coefficient (Wildman–Crippen LogP) is 3.39.